The Morgan fingerprint density at radius 2 is 1.84 bits per heavy atom. The largest absolute Gasteiger partial charge is 0.497 e. The summed E-state index contributed by atoms with van der Waals surface area (Å²) in [5.41, 5.74) is 1.89. The van der Waals surface area contributed by atoms with E-state index in [1.54, 1.807) is 48.4 Å². The summed E-state index contributed by atoms with van der Waals surface area (Å²) in [5, 5.41) is 15.5. The van der Waals surface area contributed by atoms with E-state index in [0.717, 1.165) is 19.0 Å². The second-order valence-electron chi connectivity index (χ2n) is 10.7. The van der Waals surface area contributed by atoms with Gasteiger partial charge in [-0.3, -0.25) is 4.79 Å². The van der Waals surface area contributed by atoms with E-state index >= 15 is 0 Å². The molecule has 2 aromatic rings. The number of ether oxygens (including phenoxy) is 2. The van der Waals surface area contributed by atoms with Crippen molar-refractivity contribution in [1.82, 2.24) is 9.80 Å². The lowest BCUT2D eigenvalue weighted by molar-refractivity contribution is -0.134. The maximum Gasteiger partial charge on any atom is 0.323 e. The molecule has 0 unspecified atom stereocenters. The van der Waals surface area contributed by atoms with Crippen molar-refractivity contribution in [2.24, 2.45) is 11.8 Å². The first-order valence-corrected chi connectivity index (χ1v) is 13.4. The third kappa shape index (κ3) is 7.39. The highest BCUT2D eigenvalue weighted by molar-refractivity contribution is 6.00. The standard InChI is InChI=1S/C29H40N4O5/c1-19-15-33(20(2)18-34)28(35)14-22-13-24(31-29(36)30-23-7-10-25(37-4)11-8-23)9-12-26(22)38-27(19)17-32(3)16-21-5-6-21/h7-13,19-21,27,34H,5-6,14-18H2,1-4H3,(H2,30,31,36)/t19-,20-,27+/m0/s1. The molecule has 9 nitrogen and oxygen atoms in total. The second-order valence-corrected chi connectivity index (χ2v) is 10.7. The Morgan fingerprint density at radius 3 is 2.50 bits per heavy atom. The van der Waals surface area contributed by atoms with Gasteiger partial charge in [0.1, 0.15) is 17.6 Å². The number of hydrogen-bond acceptors (Lipinski definition) is 6. The Morgan fingerprint density at radius 1 is 1.16 bits per heavy atom. The predicted octanol–water partition coefficient (Wildman–Crippen LogP) is 3.83. The summed E-state index contributed by atoms with van der Waals surface area (Å²) in [6, 6.07) is 11.8. The van der Waals surface area contributed by atoms with E-state index in [2.05, 4.69) is 29.5 Å². The smallest absolute Gasteiger partial charge is 0.323 e. The summed E-state index contributed by atoms with van der Waals surface area (Å²) in [6.07, 6.45) is 2.56. The summed E-state index contributed by atoms with van der Waals surface area (Å²) < 4.78 is 11.7. The van der Waals surface area contributed by atoms with Gasteiger partial charge in [0.15, 0.2) is 0 Å². The van der Waals surface area contributed by atoms with Gasteiger partial charge in [0.25, 0.3) is 0 Å². The van der Waals surface area contributed by atoms with E-state index in [-0.39, 0.29) is 37.0 Å². The average Bonchev–Trinajstić information content (AvgIpc) is 3.71. The van der Waals surface area contributed by atoms with Crippen molar-refractivity contribution >= 4 is 23.3 Å². The summed E-state index contributed by atoms with van der Waals surface area (Å²) in [5.74, 6) is 2.11. The molecule has 1 aliphatic carbocycles. The molecule has 2 aliphatic rings. The third-order valence-corrected chi connectivity index (χ3v) is 7.28. The van der Waals surface area contributed by atoms with E-state index in [1.807, 2.05) is 13.0 Å². The number of nitrogens with zero attached hydrogens (tertiary/aromatic N) is 2. The lowest BCUT2D eigenvalue weighted by Gasteiger charge is -2.34. The molecule has 0 bridgehead atoms. The lowest BCUT2D eigenvalue weighted by Crippen LogP contribution is -2.47. The summed E-state index contributed by atoms with van der Waals surface area (Å²) in [4.78, 5) is 30.1. The van der Waals surface area contributed by atoms with Crippen LogP contribution in [-0.2, 0) is 11.2 Å². The molecule has 1 heterocycles. The molecule has 0 radical (unpaired) electrons. The number of nitrogens with one attached hydrogen (secondary N) is 2. The van der Waals surface area contributed by atoms with Crippen LogP contribution >= 0.6 is 0 Å². The van der Waals surface area contributed by atoms with Gasteiger partial charge in [0.2, 0.25) is 5.91 Å². The molecule has 0 spiro atoms. The molecule has 3 amide bonds. The summed E-state index contributed by atoms with van der Waals surface area (Å²) in [7, 11) is 3.71. The number of amides is 3. The van der Waals surface area contributed by atoms with Gasteiger partial charge in [0.05, 0.1) is 26.2 Å². The van der Waals surface area contributed by atoms with E-state index in [1.165, 1.54) is 12.8 Å². The van der Waals surface area contributed by atoms with Crippen LogP contribution in [0.5, 0.6) is 11.5 Å². The molecule has 3 N–H and O–H groups in total. The topological polar surface area (TPSA) is 103 Å². The molecule has 1 saturated carbocycles. The minimum absolute atomic E-state index is 0.0635. The Hall–Kier alpha value is -3.30. The molecule has 206 valence electrons. The number of aliphatic hydroxyl groups is 1. The Balaban J connectivity index is 1.53. The number of methoxy groups -OCH3 is 1. The fourth-order valence-corrected chi connectivity index (χ4v) is 4.82. The van der Waals surface area contributed by atoms with Crippen molar-refractivity contribution in [3.8, 4) is 11.5 Å². The zero-order valence-electron chi connectivity index (χ0n) is 22.8. The van der Waals surface area contributed by atoms with Crippen LogP contribution in [0.3, 0.4) is 0 Å². The Labute approximate surface area is 225 Å². The van der Waals surface area contributed by atoms with Gasteiger partial charge >= 0.3 is 6.03 Å². The van der Waals surface area contributed by atoms with Crippen molar-refractivity contribution < 1.29 is 24.2 Å². The van der Waals surface area contributed by atoms with Crippen LogP contribution in [-0.4, -0.2) is 79.4 Å². The highest BCUT2D eigenvalue weighted by Crippen LogP contribution is 2.31. The molecule has 4 rings (SSSR count). The van der Waals surface area contributed by atoms with Crippen molar-refractivity contribution in [1.29, 1.82) is 0 Å². The number of carbonyl (C=O) groups excluding carboxylic acids is 2. The molecule has 2 aromatic carbocycles. The van der Waals surface area contributed by atoms with Crippen LogP contribution in [0.25, 0.3) is 0 Å². The van der Waals surface area contributed by atoms with Crippen LogP contribution in [0.2, 0.25) is 0 Å². The number of fused-ring (bicyclic) bond motifs is 1. The number of anilines is 2. The molecule has 3 atom stereocenters. The number of hydrogen-bond donors (Lipinski definition) is 3. The highest BCUT2D eigenvalue weighted by Gasteiger charge is 2.32. The van der Waals surface area contributed by atoms with Crippen molar-refractivity contribution in [3.63, 3.8) is 0 Å². The second kappa shape index (κ2) is 12.5. The SMILES string of the molecule is COc1ccc(NC(=O)Nc2ccc3c(c2)CC(=O)N([C@@H](C)CO)C[C@H](C)[C@@H](CN(C)CC2CC2)O3)cc1. The molecule has 38 heavy (non-hydrogen) atoms. The first kappa shape index (κ1) is 27.7. The zero-order chi connectivity index (χ0) is 27.2. The maximum absolute atomic E-state index is 13.4. The van der Waals surface area contributed by atoms with E-state index in [9.17, 15) is 14.7 Å². The maximum atomic E-state index is 13.4. The number of urea groups is 1. The first-order chi connectivity index (χ1) is 18.2. The van der Waals surface area contributed by atoms with E-state index in [0.29, 0.717) is 35.0 Å². The van der Waals surface area contributed by atoms with Gasteiger partial charge in [-0.1, -0.05) is 6.92 Å². The zero-order valence-corrected chi connectivity index (χ0v) is 22.8. The number of rotatable bonds is 9. The summed E-state index contributed by atoms with van der Waals surface area (Å²) in [6.45, 7) is 6.15. The predicted molar refractivity (Wildman–Crippen MR) is 148 cm³/mol. The van der Waals surface area contributed by atoms with E-state index in [4.69, 9.17) is 9.47 Å². The molecular formula is C29H40N4O5. The number of aliphatic hydroxyl groups excluding tert-OH is 1. The normalized spacial score (nSPS) is 20.5. The number of carbonyl (C=O) groups is 2. The minimum atomic E-state index is -0.394. The van der Waals surface area contributed by atoms with Gasteiger partial charge < -0.3 is 35.0 Å². The van der Waals surface area contributed by atoms with Gasteiger partial charge in [0, 0.05) is 42.5 Å². The highest BCUT2D eigenvalue weighted by atomic mass is 16.5. The van der Waals surface area contributed by atoms with Crippen molar-refractivity contribution in [2.75, 3.05) is 51.0 Å². The van der Waals surface area contributed by atoms with Crippen LogP contribution in [0, 0.1) is 11.8 Å². The van der Waals surface area contributed by atoms with E-state index < -0.39 is 6.03 Å². The first-order valence-electron chi connectivity index (χ1n) is 13.4. The molecule has 1 fully saturated rings. The molecule has 9 heteroatoms. The Bertz CT molecular complexity index is 1100. The molecule has 0 saturated heterocycles. The quantitative estimate of drug-likeness (QED) is 0.461. The van der Waals surface area contributed by atoms with Gasteiger partial charge in [-0.05, 0) is 75.2 Å². The van der Waals surface area contributed by atoms with Crippen molar-refractivity contribution in [3.05, 3.63) is 48.0 Å². The lowest BCUT2D eigenvalue weighted by atomic mass is 10.0. The van der Waals surface area contributed by atoms with Crippen LogP contribution in [0.1, 0.15) is 32.3 Å². The fourth-order valence-electron chi connectivity index (χ4n) is 4.82. The molecular weight excluding hydrogens is 484 g/mol. The Kier molecular flexibility index (Phi) is 9.12. The molecule has 1 aliphatic heterocycles. The minimum Gasteiger partial charge on any atom is -0.497 e. The van der Waals surface area contributed by atoms with Gasteiger partial charge in [-0.15, -0.1) is 0 Å². The monoisotopic (exact) mass is 524 g/mol. The number of benzene rings is 2. The van der Waals surface area contributed by atoms with Crippen LogP contribution in [0.4, 0.5) is 16.2 Å². The third-order valence-electron chi connectivity index (χ3n) is 7.28. The fraction of sp³-hybridized carbons (Fsp3) is 0.517. The average molecular weight is 525 g/mol. The van der Waals surface area contributed by atoms with Crippen molar-refractivity contribution in [2.45, 2.75) is 45.3 Å². The van der Waals surface area contributed by atoms with Crippen LogP contribution in [0.15, 0.2) is 42.5 Å². The number of likely N-dealkylation sites (N-methyl/N-ethyl adjacent to an activating group) is 1. The summed E-state index contributed by atoms with van der Waals surface area (Å²) >= 11 is 0. The van der Waals surface area contributed by atoms with Gasteiger partial charge in [-0.2, -0.15) is 0 Å². The van der Waals surface area contributed by atoms with Crippen LogP contribution < -0.4 is 20.1 Å². The van der Waals surface area contributed by atoms with Gasteiger partial charge in [-0.25, -0.2) is 4.79 Å². The molecule has 0 aromatic heterocycles.